The predicted molar refractivity (Wildman–Crippen MR) is 97.4 cm³/mol. The first-order valence-corrected chi connectivity index (χ1v) is 9.63. The van der Waals surface area contributed by atoms with Gasteiger partial charge in [0.25, 0.3) is 6.10 Å². The van der Waals surface area contributed by atoms with Crippen LogP contribution in [0.2, 0.25) is 0 Å². The molecule has 188 valence electrons. The summed E-state index contributed by atoms with van der Waals surface area (Å²) in [6.45, 7) is 1.85. The molecule has 0 unspecified atom stereocenters. The smallest absolute Gasteiger partial charge is 0.434 e. The van der Waals surface area contributed by atoms with Gasteiger partial charge in [-0.25, -0.2) is 9.18 Å². The lowest BCUT2D eigenvalue weighted by Crippen LogP contribution is -2.52. The van der Waals surface area contributed by atoms with Gasteiger partial charge in [-0.15, -0.1) is 0 Å². The fourth-order valence-corrected chi connectivity index (χ4v) is 2.94. The molecule has 1 aromatic rings. The molecule has 1 N–H and O–H groups in total. The Morgan fingerprint density at radius 2 is 1.58 bits per heavy atom. The van der Waals surface area contributed by atoms with E-state index in [4.69, 9.17) is 4.74 Å². The highest BCUT2D eigenvalue weighted by Crippen LogP contribution is 2.36. The van der Waals surface area contributed by atoms with E-state index in [9.17, 15) is 45.0 Å². The van der Waals surface area contributed by atoms with Gasteiger partial charge in [0.2, 0.25) is 5.82 Å². The van der Waals surface area contributed by atoms with Crippen molar-refractivity contribution in [2.75, 3.05) is 32.8 Å². The zero-order valence-electron chi connectivity index (χ0n) is 17.6. The summed E-state index contributed by atoms with van der Waals surface area (Å²) in [5.74, 6) is -2.89. The van der Waals surface area contributed by atoms with Crippen LogP contribution in [0.5, 0.6) is 5.75 Å². The van der Waals surface area contributed by atoms with Crippen LogP contribution in [0.25, 0.3) is 0 Å². The Hall–Kier alpha value is -2.35. The Kier molecular flexibility index (Phi) is 8.05. The molecule has 0 radical (unpaired) electrons. The molecule has 0 atom stereocenters. The maximum atomic E-state index is 14.3. The number of ether oxygens (including phenoxy) is 2. The second kappa shape index (κ2) is 9.87. The standard InChI is InChI=1S/C19H22F8N2O4/c1-17(2,10-30)33-14-11(3-4-12(20)13(14)21)9-28-5-7-29(8-6-28)16(31)32-15(18(22,23)24)19(25,26)27/h3-4,15,30H,5-10H2,1-2H3. The molecular formula is C19H22F8N2O4. The molecule has 1 heterocycles. The van der Waals surface area contributed by atoms with Crippen LogP contribution >= 0.6 is 0 Å². The molecular weight excluding hydrogens is 472 g/mol. The topological polar surface area (TPSA) is 62.2 Å². The average molecular weight is 494 g/mol. The highest BCUT2D eigenvalue weighted by atomic mass is 19.4. The molecule has 1 aromatic carbocycles. The number of halogens is 8. The second-order valence-electron chi connectivity index (χ2n) is 7.98. The number of carbonyl (C=O) groups is 1. The summed E-state index contributed by atoms with van der Waals surface area (Å²) in [4.78, 5) is 14.1. The first-order chi connectivity index (χ1) is 15.0. The Morgan fingerprint density at radius 3 is 2.06 bits per heavy atom. The van der Waals surface area contributed by atoms with Gasteiger partial charge in [-0.3, -0.25) is 4.90 Å². The normalized spacial score (nSPS) is 16.3. The zero-order chi connectivity index (χ0) is 25.2. The highest BCUT2D eigenvalue weighted by molar-refractivity contribution is 5.68. The number of carbonyl (C=O) groups excluding carboxylic acids is 1. The largest absolute Gasteiger partial charge is 0.482 e. The van der Waals surface area contributed by atoms with Crippen molar-refractivity contribution in [3.8, 4) is 5.75 Å². The van der Waals surface area contributed by atoms with Crippen LogP contribution in [-0.4, -0.2) is 77.8 Å². The van der Waals surface area contributed by atoms with Gasteiger partial charge in [0.15, 0.2) is 11.6 Å². The number of amides is 1. The molecule has 14 heteroatoms. The third-order valence-electron chi connectivity index (χ3n) is 4.73. The summed E-state index contributed by atoms with van der Waals surface area (Å²) in [6, 6.07) is 2.12. The molecule has 6 nitrogen and oxygen atoms in total. The molecule has 0 aromatic heterocycles. The fourth-order valence-electron chi connectivity index (χ4n) is 2.94. The minimum absolute atomic E-state index is 0.000366. The number of benzene rings is 1. The number of hydrogen-bond acceptors (Lipinski definition) is 5. The van der Waals surface area contributed by atoms with Gasteiger partial charge in [0.1, 0.15) is 5.60 Å². The van der Waals surface area contributed by atoms with E-state index in [1.807, 2.05) is 0 Å². The molecule has 1 fully saturated rings. The van der Waals surface area contributed by atoms with Gasteiger partial charge in [0, 0.05) is 38.3 Å². The van der Waals surface area contributed by atoms with Gasteiger partial charge in [-0.2, -0.15) is 30.7 Å². The minimum atomic E-state index is -5.82. The average Bonchev–Trinajstić information content (AvgIpc) is 2.70. The van der Waals surface area contributed by atoms with Crippen molar-refractivity contribution in [2.45, 2.75) is 44.4 Å². The molecule has 33 heavy (non-hydrogen) atoms. The molecule has 1 saturated heterocycles. The Labute approximate surface area is 183 Å². The van der Waals surface area contributed by atoms with Crippen LogP contribution < -0.4 is 4.74 Å². The van der Waals surface area contributed by atoms with Gasteiger partial charge >= 0.3 is 18.4 Å². The monoisotopic (exact) mass is 494 g/mol. The maximum absolute atomic E-state index is 14.3. The lowest BCUT2D eigenvalue weighted by molar-refractivity contribution is -0.308. The van der Waals surface area contributed by atoms with Crippen molar-refractivity contribution in [2.24, 2.45) is 0 Å². The SMILES string of the molecule is CC(C)(CO)Oc1c(CN2CCN(C(=O)OC(C(F)(F)F)C(F)(F)F)CC2)ccc(F)c1F. The number of piperazine rings is 1. The molecule has 1 amide bonds. The van der Waals surface area contributed by atoms with Crippen molar-refractivity contribution >= 4 is 6.09 Å². The van der Waals surface area contributed by atoms with E-state index in [1.54, 1.807) is 4.90 Å². The summed E-state index contributed by atoms with van der Waals surface area (Å²) in [7, 11) is 0. The zero-order valence-corrected chi connectivity index (χ0v) is 17.6. The van der Waals surface area contributed by atoms with Crippen molar-refractivity contribution in [1.29, 1.82) is 0 Å². The van der Waals surface area contributed by atoms with E-state index < -0.39 is 54.1 Å². The second-order valence-corrected chi connectivity index (χ2v) is 7.98. The predicted octanol–water partition coefficient (Wildman–Crippen LogP) is 3.86. The van der Waals surface area contributed by atoms with Crippen LogP contribution in [0.15, 0.2) is 12.1 Å². The molecule has 0 bridgehead atoms. The number of alkyl halides is 6. The molecule has 0 spiro atoms. The Bertz CT molecular complexity index is 822. The van der Waals surface area contributed by atoms with E-state index in [-0.39, 0.29) is 38.3 Å². The number of nitrogens with zero attached hydrogens (tertiary/aromatic N) is 2. The van der Waals surface area contributed by atoms with Crippen molar-refractivity contribution in [3.63, 3.8) is 0 Å². The number of aliphatic hydroxyl groups is 1. The van der Waals surface area contributed by atoms with Crippen molar-refractivity contribution in [1.82, 2.24) is 9.80 Å². The van der Waals surface area contributed by atoms with Crippen LogP contribution in [0.1, 0.15) is 19.4 Å². The Morgan fingerprint density at radius 1 is 1.03 bits per heavy atom. The minimum Gasteiger partial charge on any atom is -0.482 e. The molecule has 1 aliphatic rings. The number of aliphatic hydroxyl groups excluding tert-OH is 1. The van der Waals surface area contributed by atoms with Gasteiger partial charge in [-0.1, -0.05) is 6.07 Å². The van der Waals surface area contributed by atoms with Crippen LogP contribution in [0, 0.1) is 11.6 Å². The van der Waals surface area contributed by atoms with Gasteiger partial charge in [-0.05, 0) is 19.9 Å². The molecule has 1 aliphatic heterocycles. The van der Waals surface area contributed by atoms with Crippen molar-refractivity contribution in [3.05, 3.63) is 29.3 Å². The van der Waals surface area contributed by atoms with Gasteiger partial charge < -0.3 is 19.5 Å². The molecule has 2 rings (SSSR count). The lowest BCUT2D eigenvalue weighted by Gasteiger charge is -2.35. The summed E-state index contributed by atoms with van der Waals surface area (Å²) in [5.41, 5.74) is -1.04. The Balaban J connectivity index is 2.05. The highest BCUT2D eigenvalue weighted by Gasteiger charge is 2.60. The van der Waals surface area contributed by atoms with Crippen LogP contribution in [0.3, 0.4) is 0 Å². The number of rotatable bonds is 6. The van der Waals surface area contributed by atoms with Gasteiger partial charge in [0.05, 0.1) is 6.61 Å². The van der Waals surface area contributed by atoms with E-state index >= 15 is 0 Å². The maximum Gasteiger partial charge on any atom is 0.434 e. The van der Waals surface area contributed by atoms with Crippen LogP contribution in [-0.2, 0) is 11.3 Å². The summed E-state index contributed by atoms with van der Waals surface area (Å²) >= 11 is 0. The van der Waals surface area contributed by atoms with Crippen LogP contribution in [0.4, 0.5) is 39.9 Å². The third kappa shape index (κ3) is 7.06. The van der Waals surface area contributed by atoms with E-state index in [0.717, 1.165) is 6.07 Å². The first kappa shape index (κ1) is 26.9. The number of hydrogen-bond donors (Lipinski definition) is 1. The first-order valence-electron chi connectivity index (χ1n) is 9.63. The van der Waals surface area contributed by atoms with Crippen molar-refractivity contribution < 1.29 is 54.5 Å². The van der Waals surface area contributed by atoms with E-state index in [1.165, 1.54) is 19.9 Å². The summed E-state index contributed by atoms with van der Waals surface area (Å²) < 4.78 is 113. The summed E-state index contributed by atoms with van der Waals surface area (Å²) in [6.07, 6.45) is -17.6. The third-order valence-corrected chi connectivity index (χ3v) is 4.73. The fraction of sp³-hybridized carbons (Fsp3) is 0.632. The summed E-state index contributed by atoms with van der Waals surface area (Å²) in [5, 5.41) is 9.33. The molecule has 0 saturated carbocycles. The van der Waals surface area contributed by atoms with E-state index in [0.29, 0.717) is 4.90 Å². The quantitative estimate of drug-likeness (QED) is 0.609. The molecule has 0 aliphatic carbocycles. The van der Waals surface area contributed by atoms with E-state index in [2.05, 4.69) is 4.74 Å². The lowest BCUT2D eigenvalue weighted by atomic mass is 10.1.